The minimum absolute atomic E-state index is 0.0171. The van der Waals surface area contributed by atoms with Crippen molar-refractivity contribution in [3.8, 4) is 0 Å². The van der Waals surface area contributed by atoms with Crippen LogP contribution in [0.5, 0.6) is 0 Å². The van der Waals surface area contributed by atoms with Gasteiger partial charge in [-0.15, -0.1) is 10.2 Å². The quantitative estimate of drug-likeness (QED) is 0.820. The smallest absolute Gasteiger partial charge is 0.368 e. The van der Waals surface area contributed by atoms with E-state index in [4.69, 9.17) is 0 Å². The van der Waals surface area contributed by atoms with Crippen LogP contribution in [-0.2, 0) is 16.2 Å². The van der Waals surface area contributed by atoms with Gasteiger partial charge in [0.25, 0.3) is 0 Å². The van der Waals surface area contributed by atoms with Crippen molar-refractivity contribution in [2.24, 2.45) is 0 Å². The second kappa shape index (κ2) is 5.48. The van der Waals surface area contributed by atoms with Crippen LogP contribution in [0.25, 0.3) is 0 Å². The molecule has 2 N–H and O–H groups in total. The molecule has 0 aromatic carbocycles. The highest BCUT2D eigenvalue weighted by Gasteiger charge is 2.32. The minimum Gasteiger partial charge on any atom is -0.368 e. The predicted molar refractivity (Wildman–Crippen MR) is 58.4 cm³/mol. The zero-order valence-electron chi connectivity index (χ0n) is 9.32. The lowest BCUT2D eigenvalue weighted by molar-refractivity contribution is -0.141. The Balaban J connectivity index is 2.55. The molecule has 0 saturated carbocycles. The van der Waals surface area contributed by atoms with Crippen LogP contribution in [0.1, 0.15) is 5.69 Å². The molecule has 1 heterocycles. The number of hydrogen-bond donors (Lipinski definition) is 2. The fourth-order valence-electron chi connectivity index (χ4n) is 0.993. The summed E-state index contributed by atoms with van der Waals surface area (Å²) in [4.78, 5) is 0. The molecule has 0 bridgehead atoms. The number of sulfonamides is 1. The Kier molecular flexibility index (Phi) is 4.46. The van der Waals surface area contributed by atoms with E-state index in [1.54, 1.807) is 0 Å². The minimum atomic E-state index is -4.54. The molecule has 1 rings (SSSR count). The van der Waals surface area contributed by atoms with E-state index in [1.165, 1.54) is 7.05 Å². The SMILES string of the molecule is CNS(=O)(=O)CCNc1ccc(C(F)(F)F)nn1. The van der Waals surface area contributed by atoms with E-state index < -0.39 is 21.9 Å². The van der Waals surface area contributed by atoms with Gasteiger partial charge in [-0.3, -0.25) is 0 Å². The highest BCUT2D eigenvalue weighted by atomic mass is 32.2. The molecule has 102 valence electrons. The van der Waals surface area contributed by atoms with Crippen molar-refractivity contribution in [2.45, 2.75) is 6.18 Å². The maximum Gasteiger partial charge on any atom is 0.435 e. The molecule has 0 aliphatic rings. The van der Waals surface area contributed by atoms with Gasteiger partial charge in [-0.25, -0.2) is 13.1 Å². The Bertz CT molecular complexity index is 486. The lowest BCUT2D eigenvalue weighted by Crippen LogP contribution is -2.26. The second-order valence-electron chi connectivity index (χ2n) is 3.25. The predicted octanol–water partition coefficient (Wildman–Crippen LogP) is 0.456. The highest BCUT2D eigenvalue weighted by molar-refractivity contribution is 7.89. The van der Waals surface area contributed by atoms with Gasteiger partial charge in [0.15, 0.2) is 5.69 Å². The monoisotopic (exact) mass is 284 g/mol. The molecule has 0 aliphatic carbocycles. The van der Waals surface area contributed by atoms with Gasteiger partial charge in [0.05, 0.1) is 5.75 Å². The van der Waals surface area contributed by atoms with Crippen LogP contribution >= 0.6 is 0 Å². The van der Waals surface area contributed by atoms with Crippen molar-refractivity contribution in [1.82, 2.24) is 14.9 Å². The molecule has 0 unspecified atom stereocenters. The fourth-order valence-corrected chi connectivity index (χ4v) is 1.57. The molecule has 6 nitrogen and oxygen atoms in total. The summed E-state index contributed by atoms with van der Waals surface area (Å²) in [5.74, 6) is -0.138. The molecule has 0 atom stereocenters. The maximum absolute atomic E-state index is 12.2. The van der Waals surface area contributed by atoms with Gasteiger partial charge >= 0.3 is 6.18 Å². The van der Waals surface area contributed by atoms with Gasteiger partial charge < -0.3 is 5.32 Å². The van der Waals surface area contributed by atoms with Crippen LogP contribution in [0, 0.1) is 0 Å². The average molecular weight is 284 g/mol. The van der Waals surface area contributed by atoms with E-state index in [9.17, 15) is 21.6 Å². The summed E-state index contributed by atoms with van der Waals surface area (Å²) in [5.41, 5.74) is -1.10. The summed E-state index contributed by atoms with van der Waals surface area (Å²) >= 11 is 0. The van der Waals surface area contributed by atoms with Crippen LogP contribution < -0.4 is 10.0 Å². The molecule has 1 aromatic heterocycles. The summed E-state index contributed by atoms with van der Waals surface area (Å²) in [7, 11) is -2.09. The molecule has 0 fully saturated rings. The maximum atomic E-state index is 12.2. The van der Waals surface area contributed by atoms with Gasteiger partial charge in [0, 0.05) is 6.54 Å². The van der Waals surface area contributed by atoms with E-state index in [0.29, 0.717) is 0 Å². The summed E-state index contributed by atoms with van der Waals surface area (Å²) in [5, 5.41) is 8.83. The Morgan fingerprint density at radius 3 is 2.39 bits per heavy atom. The Morgan fingerprint density at radius 2 is 1.94 bits per heavy atom. The lowest BCUT2D eigenvalue weighted by atomic mass is 10.4. The first kappa shape index (κ1) is 14.6. The number of anilines is 1. The van der Waals surface area contributed by atoms with Crippen molar-refractivity contribution in [3.05, 3.63) is 17.8 Å². The van der Waals surface area contributed by atoms with Gasteiger partial charge in [-0.2, -0.15) is 13.2 Å². The summed E-state index contributed by atoms with van der Waals surface area (Å²) in [6, 6.07) is 1.85. The first-order valence-corrected chi connectivity index (χ1v) is 6.46. The molecule has 0 spiro atoms. The van der Waals surface area contributed by atoms with E-state index >= 15 is 0 Å². The molecule has 0 saturated heterocycles. The third kappa shape index (κ3) is 4.45. The van der Waals surface area contributed by atoms with E-state index in [-0.39, 0.29) is 18.1 Å². The number of nitrogens with one attached hydrogen (secondary N) is 2. The summed E-state index contributed by atoms with van der Waals surface area (Å²) < 4.78 is 60.7. The number of hydrogen-bond acceptors (Lipinski definition) is 5. The topological polar surface area (TPSA) is 84.0 Å². The number of nitrogens with zero attached hydrogens (tertiary/aromatic N) is 2. The van der Waals surface area contributed by atoms with Crippen LogP contribution in [0.3, 0.4) is 0 Å². The second-order valence-corrected chi connectivity index (χ2v) is 5.30. The average Bonchev–Trinajstić information content (AvgIpc) is 2.28. The zero-order valence-corrected chi connectivity index (χ0v) is 10.1. The van der Waals surface area contributed by atoms with Crippen LogP contribution in [0.15, 0.2) is 12.1 Å². The molecule has 0 radical (unpaired) electrons. The Morgan fingerprint density at radius 1 is 1.28 bits per heavy atom. The van der Waals surface area contributed by atoms with Crippen molar-refractivity contribution in [3.63, 3.8) is 0 Å². The van der Waals surface area contributed by atoms with Crippen molar-refractivity contribution in [2.75, 3.05) is 24.7 Å². The zero-order chi connectivity index (χ0) is 13.8. The van der Waals surface area contributed by atoms with E-state index in [1.807, 2.05) is 0 Å². The fraction of sp³-hybridized carbons (Fsp3) is 0.500. The summed E-state index contributed by atoms with van der Waals surface area (Å²) in [6.07, 6.45) is -4.54. The number of rotatable bonds is 5. The largest absolute Gasteiger partial charge is 0.435 e. The third-order valence-electron chi connectivity index (χ3n) is 1.94. The number of aromatic nitrogens is 2. The molecule has 18 heavy (non-hydrogen) atoms. The van der Waals surface area contributed by atoms with Gasteiger partial charge in [0.1, 0.15) is 5.82 Å². The van der Waals surface area contributed by atoms with Crippen molar-refractivity contribution < 1.29 is 21.6 Å². The first-order valence-electron chi connectivity index (χ1n) is 4.80. The normalized spacial score (nSPS) is 12.4. The summed E-state index contributed by atoms with van der Waals surface area (Å²) in [6.45, 7) is 0.0171. The van der Waals surface area contributed by atoms with Crippen LogP contribution in [0.2, 0.25) is 0 Å². The van der Waals surface area contributed by atoms with Gasteiger partial charge in [0.2, 0.25) is 10.0 Å². The van der Waals surface area contributed by atoms with Gasteiger partial charge in [-0.1, -0.05) is 0 Å². The molecule has 1 aromatic rings. The molecule has 0 aliphatic heterocycles. The highest BCUT2D eigenvalue weighted by Crippen LogP contribution is 2.26. The van der Waals surface area contributed by atoms with Crippen LogP contribution in [0.4, 0.5) is 19.0 Å². The lowest BCUT2D eigenvalue weighted by Gasteiger charge is -2.07. The van der Waals surface area contributed by atoms with Crippen molar-refractivity contribution >= 4 is 15.8 Å². The van der Waals surface area contributed by atoms with Crippen LogP contribution in [-0.4, -0.2) is 38.0 Å². The first-order chi connectivity index (χ1) is 8.24. The Labute approximate surface area is 102 Å². The number of alkyl halides is 3. The third-order valence-corrected chi connectivity index (χ3v) is 3.31. The Hall–Kier alpha value is -1.42. The molecule has 10 heteroatoms. The van der Waals surface area contributed by atoms with E-state index in [0.717, 1.165) is 12.1 Å². The molecular weight excluding hydrogens is 273 g/mol. The van der Waals surface area contributed by atoms with Crippen molar-refractivity contribution in [1.29, 1.82) is 0 Å². The molecule has 0 amide bonds. The number of halogens is 3. The van der Waals surface area contributed by atoms with E-state index in [2.05, 4.69) is 20.2 Å². The molecular formula is C8H11F3N4O2S. The standard InChI is InChI=1S/C8H11F3N4O2S/c1-12-18(16,17)5-4-13-7-3-2-6(14-15-7)8(9,10)11/h2-3,12H,4-5H2,1H3,(H,13,15). The van der Waals surface area contributed by atoms with Gasteiger partial charge in [-0.05, 0) is 19.2 Å².